The summed E-state index contributed by atoms with van der Waals surface area (Å²) in [6.45, 7) is 2.10. The number of ether oxygens (including phenoxy) is 1. The number of para-hydroxylation sites is 1. The first-order valence-corrected chi connectivity index (χ1v) is 9.31. The fourth-order valence-corrected chi connectivity index (χ4v) is 3.57. The van der Waals surface area contributed by atoms with E-state index in [4.69, 9.17) is 38.7 Å². The summed E-state index contributed by atoms with van der Waals surface area (Å²) in [5.74, 6) is 0.849. The first-order valence-electron chi connectivity index (χ1n) is 8.55. The third kappa shape index (κ3) is 3.25. The van der Waals surface area contributed by atoms with Crippen LogP contribution in [0.5, 0.6) is 5.75 Å². The van der Waals surface area contributed by atoms with E-state index >= 15 is 0 Å². The van der Waals surface area contributed by atoms with Crippen molar-refractivity contribution in [2.75, 3.05) is 5.73 Å². The van der Waals surface area contributed by atoms with E-state index in [1.807, 2.05) is 49.0 Å². The van der Waals surface area contributed by atoms with Gasteiger partial charge in [-0.05, 0) is 25.1 Å². The number of benzene rings is 1. The van der Waals surface area contributed by atoms with Gasteiger partial charge in [0.05, 0.1) is 15.7 Å². The molecule has 0 aliphatic heterocycles. The monoisotopic (exact) mass is 413 g/mol. The average molecular weight is 414 g/mol. The van der Waals surface area contributed by atoms with Crippen LogP contribution in [0.1, 0.15) is 11.3 Å². The predicted molar refractivity (Wildman–Crippen MR) is 112 cm³/mol. The molecule has 0 bridgehead atoms. The van der Waals surface area contributed by atoms with Crippen LogP contribution in [0.4, 0.5) is 5.82 Å². The Kier molecular flexibility index (Phi) is 4.83. The lowest BCUT2D eigenvalue weighted by molar-refractivity contribution is 0.309. The lowest BCUT2D eigenvalue weighted by Crippen LogP contribution is -2.03. The van der Waals surface area contributed by atoms with Gasteiger partial charge in [-0.15, -0.1) is 0 Å². The van der Waals surface area contributed by atoms with Crippen molar-refractivity contribution < 1.29 is 4.74 Å². The van der Waals surface area contributed by atoms with Crippen molar-refractivity contribution in [1.29, 1.82) is 0 Å². The molecule has 0 aliphatic carbocycles. The highest BCUT2D eigenvalue weighted by Crippen LogP contribution is 2.34. The Bertz CT molecular complexity index is 1190. The maximum atomic E-state index is 6.24. The maximum Gasteiger partial charge on any atom is 0.146 e. The number of nitrogen functional groups attached to an aromatic ring is 1. The summed E-state index contributed by atoms with van der Waals surface area (Å²) in [5, 5.41) is 5.94. The van der Waals surface area contributed by atoms with Crippen molar-refractivity contribution >= 4 is 39.9 Å². The predicted octanol–water partition coefficient (Wildman–Crippen LogP) is 4.81. The second-order valence-corrected chi connectivity index (χ2v) is 7.16. The molecule has 8 heteroatoms. The number of halogens is 2. The highest BCUT2D eigenvalue weighted by Gasteiger charge is 2.15. The zero-order chi connectivity index (χ0) is 19.8. The summed E-state index contributed by atoms with van der Waals surface area (Å²) in [6.07, 6.45) is 3.24. The molecule has 4 rings (SSSR count). The Hall–Kier alpha value is -2.83. The Morgan fingerprint density at radius 1 is 1.21 bits per heavy atom. The first-order chi connectivity index (χ1) is 13.5. The van der Waals surface area contributed by atoms with Gasteiger partial charge in [0.2, 0.25) is 0 Å². The molecule has 1 aromatic carbocycles. The molecule has 2 N–H and O–H groups in total. The van der Waals surface area contributed by atoms with Crippen molar-refractivity contribution in [3.63, 3.8) is 0 Å². The van der Waals surface area contributed by atoms with Gasteiger partial charge in [-0.3, -0.25) is 4.68 Å². The molecule has 0 saturated heterocycles. The van der Waals surface area contributed by atoms with Gasteiger partial charge in [0.15, 0.2) is 0 Å². The highest BCUT2D eigenvalue weighted by atomic mass is 35.5. The van der Waals surface area contributed by atoms with Crippen LogP contribution in [0.2, 0.25) is 10.0 Å². The molecule has 0 unspecified atom stereocenters. The van der Waals surface area contributed by atoms with E-state index in [1.54, 1.807) is 6.20 Å². The molecule has 3 heterocycles. The Labute approximate surface area is 171 Å². The smallest absolute Gasteiger partial charge is 0.146 e. The summed E-state index contributed by atoms with van der Waals surface area (Å²) in [5.41, 5.74) is 10.0. The first kappa shape index (κ1) is 18.5. The fourth-order valence-electron chi connectivity index (χ4n) is 3.12. The van der Waals surface area contributed by atoms with Crippen molar-refractivity contribution in [3.05, 3.63) is 64.0 Å². The van der Waals surface area contributed by atoms with Gasteiger partial charge in [-0.25, -0.2) is 9.97 Å². The number of nitrogens with zero attached hydrogens (tertiary/aromatic N) is 4. The van der Waals surface area contributed by atoms with Crippen molar-refractivity contribution in [1.82, 2.24) is 19.7 Å². The number of hydrogen-bond acceptors (Lipinski definition) is 5. The lowest BCUT2D eigenvalue weighted by Gasteiger charge is -2.14. The van der Waals surface area contributed by atoms with Gasteiger partial charge in [-0.1, -0.05) is 35.3 Å². The molecule has 6 nitrogen and oxygen atoms in total. The van der Waals surface area contributed by atoms with E-state index in [0.717, 1.165) is 27.9 Å². The summed E-state index contributed by atoms with van der Waals surface area (Å²) >= 11 is 12.5. The number of anilines is 1. The minimum absolute atomic E-state index is 0.153. The number of aromatic nitrogens is 4. The number of pyridine rings is 2. The van der Waals surface area contributed by atoms with Gasteiger partial charge in [-0.2, -0.15) is 5.10 Å². The molecule has 4 aromatic rings. The van der Waals surface area contributed by atoms with E-state index in [9.17, 15) is 0 Å². The van der Waals surface area contributed by atoms with Crippen LogP contribution in [-0.4, -0.2) is 19.7 Å². The van der Waals surface area contributed by atoms with Crippen LogP contribution in [-0.2, 0) is 13.7 Å². The van der Waals surface area contributed by atoms with Crippen LogP contribution in [0.3, 0.4) is 0 Å². The van der Waals surface area contributed by atoms with E-state index < -0.39 is 0 Å². The number of hydrogen-bond donors (Lipinski definition) is 1. The summed E-state index contributed by atoms with van der Waals surface area (Å²) in [7, 11) is 1.91. The molecule has 28 heavy (non-hydrogen) atoms. The average Bonchev–Trinajstić information content (AvgIpc) is 3.10. The Morgan fingerprint density at radius 3 is 2.79 bits per heavy atom. The minimum Gasteiger partial charge on any atom is -0.487 e. The van der Waals surface area contributed by atoms with Crippen molar-refractivity contribution in [2.24, 2.45) is 7.05 Å². The molecule has 0 radical (unpaired) electrons. The van der Waals surface area contributed by atoms with Gasteiger partial charge >= 0.3 is 0 Å². The molecular weight excluding hydrogens is 397 g/mol. The van der Waals surface area contributed by atoms with Gasteiger partial charge in [0, 0.05) is 41.6 Å². The maximum absolute atomic E-state index is 6.24. The Morgan fingerprint density at radius 2 is 2.04 bits per heavy atom. The lowest BCUT2D eigenvalue weighted by atomic mass is 10.0. The van der Waals surface area contributed by atoms with E-state index in [2.05, 4.69) is 10.1 Å². The fraction of sp³-hybridized carbons (Fsp3) is 0.150. The topological polar surface area (TPSA) is 78.8 Å². The Balaban J connectivity index is 1.78. The highest BCUT2D eigenvalue weighted by molar-refractivity contribution is 6.37. The second-order valence-electron chi connectivity index (χ2n) is 6.38. The van der Waals surface area contributed by atoms with Gasteiger partial charge in [0.25, 0.3) is 0 Å². The normalized spacial score (nSPS) is 11.1. The number of aryl methyl sites for hydroxylation is 2. The van der Waals surface area contributed by atoms with Crippen LogP contribution in [0.25, 0.3) is 22.2 Å². The van der Waals surface area contributed by atoms with E-state index in [1.165, 1.54) is 6.20 Å². The van der Waals surface area contributed by atoms with Gasteiger partial charge < -0.3 is 10.5 Å². The van der Waals surface area contributed by atoms with Crippen LogP contribution in [0, 0.1) is 6.92 Å². The molecule has 0 spiro atoms. The number of nitrogens with two attached hydrogens (primary N) is 1. The van der Waals surface area contributed by atoms with Crippen LogP contribution >= 0.6 is 23.2 Å². The summed E-state index contributed by atoms with van der Waals surface area (Å²) < 4.78 is 7.88. The van der Waals surface area contributed by atoms with E-state index in [-0.39, 0.29) is 12.4 Å². The zero-order valence-corrected chi connectivity index (χ0v) is 16.8. The molecular formula is C20H17Cl2N5O. The molecule has 3 aromatic heterocycles. The molecule has 0 amide bonds. The molecule has 142 valence electrons. The van der Waals surface area contributed by atoms with Crippen LogP contribution in [0.15, 0.2) is 42.7 Å². The molecule has 0 aliphatic rings. The molecule has 0 fully saturated rings. The third-order valence-electron chi connectivity index (χ3n) is 4.49. The SMILES string of the molecule is Cc1cc(-c2ccnn2C)c2cccc(OCc3c(Cl)cnc(N)c3Cl)c2n1. The summed E-state index contributed by atoms with van der Waals surface area (Å²) in [4.78, 5) is 8.63. The standard InChI is InChI=1S/C20H17Cl2N5O/c1-11-8-13(16-6-7-25-27(16)2)12-4-3-5-17(19(12)26-11)28-10-14-15(21)9-24-20(23)18(14)22/h3-9H,10H2,1-2H3,(H2,23,24). The summed E-state index contributed by atoms with van der Waals surface area (Å²) in [6, 6.07) is 9.83. The molecule has 0 atom stereocenters. The largest absolute Gasteiger partial charge is 0.487 e. The van der Waals surface area contributed by atoms with Crippen molar-refractivity contribution in [2.45, 2.75) is 13.5 Å². The quantitative estimate of drug-likeness (QED) is 0.519. The molecule has 0 saturated carbocycles. The minimum atomic E-state index is 0.153. The number of rotatable bonds is 4. The number of fused-ring (bicyclic) bond motifs is 1. The van der Waals surface area contributed by atoms with Gasteiger partial charge in [0.1, 0.15) is 23.7 Å². The second kappa shape index (κ2) is 7.30. The van der Waals surface area contributed by atoms with Crippen LogP contribution < -0.4 is 10.5 Å². The van der Waals surface area contributed by atoms with Crippen molar-refractivity contribution in [3.8, 4) is 17.0 Å². The zero-order valence-electron chi connectivity index (χ0n) is 15.3. The third-order valence-corrected chi connectivity index (χ3v) is 5.24. The van der Waals surface area contributed by atoms with E-state index in [0.29, 0.717) is 21.4 Å².